The van der Waals surface area contributed by atoms with Crippen molar-refractivity contribution in [3.63, 3.8) is 0 Å². The lowest BCUT2D eigenvalue weighted by Gasteiger charge is -2.22. The van der Waals surface area contributed by atoms with Crippen LogP contribution in [0.1, 0.15) is 15.9 Å². The smallest absolute Gasteiger partial charge is 0.266 e. The standard InChI is InChI=1S/C21H17N3O3S3/c1-14-8-10-15(11-9-14)24(30(26)27)18-6-3-2-5-16(18)20(25)23-21-22-17(13-29-21)19-7-4-12-28-19/h2-13H,1H3,(H,26,27)(H,22,23,25). The van der Waals surface area contributed by atoms with Crippen molar-refractivity contribution in [2.75, 3.05) is 9.62 Å². The summed E-state index contributed by atoms with van der Waals surface area (Å²) in [7, 11) is 0. The van der Waals surface area contributed by atoms with Crippen LogP contribution in [-0.4, -0.2) is 19.7 Å². The lowest BCUT2D eigenvalue weighted by atomic mass is 10.1. The van der Waals surface area contributed by atoms with Crippen LogP contribution in [-0.2, 0) is 11.3 Å². The number of nitrogens with zero attached hydrogens (tertiary/aromatic N) is 2. The predicted octanol–water partition coefficient (Wildman–Crippen LogP) is 5.71. The monoisotopic (exact) mass is 455 g/mol. The molecule has 0 aliphatic rings. The highest BCUT2D eigenvalue weighted by Crippen LogP contribution is 2.32. The van der Waals surface area contributed by atoms with Gasteiger partial charge in [0.25, 0.3) is 17.2 Å². The van der Waals surface area contributed by atoms with Gasteiger partial charge in [-0.3, -0.25) is 14.7 Å². The fourth-order valence-electron chi connectivity index (χ4n) is 2.87. The number of benzene rings is 2. The van der Waals surface area contributed by atoms with E-state index in [1.807, 2.05) is 41.9 Å². The molecule has 4 aromatic rings. The normalized spacial score (nSPS) is 11.8. The van der Waals surface area contributed by atoms with Crippen LogP contribution in [0.15, 0.2) is 71.4 Å². The molecule has 2 aromatic heterocycles. The van der Waals surface area contributed by atoms with E-state index < -0.39 is 17.2 Å². The molecule has 0 saturated heterocycles. The lowest BCUT2D eigenvalue weighted by molar-refractivity contribution is 0.102. The molecule has 4 rings (SSSR count). The number of aryl methyl sites for hydroxylation is 1. The quantitative estimate of drug-likeness (QED) is 0.365. The zero-order chi connectivity index (χ0) is 21.1. The zero-order valence-electron chi connectivity index (χ0n) is 15.8. The molecule has 6 nitrogen and oxygen atoms in total. The summed E-state index contributed by atoms with van der Waals surface area (Å²) in [5.74, 6) is -0.403. The number of hydrogen-bond acceptors (Lipinski definition) is 5. The summed E-state index contributed by atoms with van der Waals surface area (Å²) in [6.07, 6.45) is 0. The van der Waals surface area contributed by atoms with Crippen LogP contribution in [0, 0.1) is 6.92 Å². The Morgan fingerprint density at radius 3 is 2.53 bits per heavy atom. The lowest BCUT2D eigenvalue weighted by Crippen LogP contribution is -2.23. The van der Waals surface area contributed by atoms with E-state index in [1.54, 1.807) is 47.7 Å². The maximum Gasteiger partial charge on any atom is 0.266 e. The summed E-state index contributed by atoms with van der Waals surface area (Å²) in [6, 6.07) is 17.8. The number of thiazole rings is 1. The SMILES string of the molecule is Cc1ccc(N(c2ccccc2C(=O)Nc2nc(-c3cccs3)cs2)S(=O)O)cc1. The molecule has 0 aliphatic carbocycles. The molecule has 0 aliphatic heterocycles. The molecule has 1 unspecified atom stereocenters. The van der Waals surface area contributed by atoms with Crippen LogP contribution in [0.25, 0.3) is 10.6 Å². The fourth-order valence-corrected chi connectivity index (χ4v) is 4.97. The highest BCUT2D eigenvalue weighted by molar-refractivity contribution is 7.81. The number of rotatable bonds is 6. The van der Waals surface area contributed by atoms with Gasteiger partial charge in [0.15, 0.2) is 5.13 Å². The number of thiophene rings is 1. The van der Waals surface area contributed by atoms with Crippen LogP contribution in [0.4, 0.5) is 16.5 Å². The van der Waals surface area contributed by atoms with Crippen molar-refractivity contribution < 1.29 is 13.6 Å². The maximum absolute atomic E-state index is 13.0. The Kier molecular flexibility index (Phi) is 6.05. The number of hydrogen-bond donors (Lipinski definition) is 2. The molecule has 30 heavy (non-hydrogen) atoms. The third kappa shape index (κ3) is 4.34. The fraction of sp³-hybridized carbons (Fsp3) is 0.0476. The van der Waals surface area contributed by atoms with Gasteiger partial charge in [-0.2, -0.15) is 0 Å². The first-order valence-corrected chi connectivity index (χ1v) is 11.7. The van der Waals surface area contributed by atoms with E-state index in [0.29, 0.717) is 16.5 Å². The third-order valence-corrected chi connectivity index (χ3v) is 6.66. The highest BCUT2D eigenvalue weighted by atomic mass is 32.2. The maximum atomic E-state index is 13.0. The molecule has 0 spiro atoms. The van der Waals surface area contributed by atoms with Crippen LogP contribution in [0.2, 0.25) is 0 Å². The Hall–Kier alpha value is -2.85. The van der Waals surface area contributed by atoms with Gasteiger partial charge in [-0.25, -0.2) is 13.5 Å². The van der Waals surface area contributed by atoms with Gasteiger partial charge in [0.1, 0.15) is 0 Å². The first-order valence-electron chi connectivity index (χ1n) is 8.90. The number of nitrogens with one attached hydrogen (secondary N) is 1. The number of anilines is 3. The van der Waals surface area contributed by atoms with Crippen LogP contribution in [0.3, 0.4) is 0 Å². The first-order chi connectivity index (χ1) is 14.5. The third-order valence-electron chi connectivity index (χ3n) is 4.29. The van der Waals surface area contributed by atoms with Gasteiger partial charge in [-0.15, -0.1) is 22.7 Å². The molecular formula is C21H17N3O3S3. The molecule has 2 aromatic carbocycles. The molecule has 0 radical (unpaired) electrons. The van der Waals surface area contributed by atoms with Gasteiger partial charge in [-0.1, -0.05) is 35.9 Å². The second-order valence-electron chi connectivity index (χ2n) is 6.35. The zero-order valence-corrected chi connectivity index (χ0v) is 18.3. The van der Waals surface area contributed by atoms with E-state index in [1.165, 1.54) is 15.6 Å². The summed E-state index contributed by atoms with van der Waals surface area (Å²) in [5.41, 5.74) is 2.94. The molecule has 0 fully saturated rings. The summed E-state index contributed by atoms with van der Waals surface area (Å²) < 4.78 is 23.3. The van der Waals surface area contributed by atoms with Gasteiger partial charge < -0.3 is 0 Å². The summed E-state index contributed by atoms with van der Waals surface area (Å²) >= 11 is 0.546. The number of aromatic nitrogens is 1. The molecule has 0 saturated carbocycles. The molecule has 152 valence electrons. The Labute approximate surface area is 184 Å². The van der Waals surface area contributed by atoms with Crippen molar-refractivity contribution in [1.82, 2.24) is 4.98 Å². The highest BCUT2D eigenvalue weighted by Gasteiger charge is 2.22. The second kappa shape index (κ2) is 8.88. The van der Waals surface area contributed by atoms with Gasteiger partial charge in [0, 0.05) is 5.38 Å². The predicted molar refractivity (Wildman–Crippen MR) is 124 cm³/mol. The van der Waals surface area contributed by atoms with Crippen molar-refractivity contribution in [3.8, 4) is 10.6 Å². The van der Waals surface area contributed by atoms with E-state index >= 15 is 0 Å². The molecule has 0 bridgehead atoms. The average Bonchev–Trinajstić information content (AvgIpc) is 3.41. The average molecular weight is 456 g/mol. The summed E-state index contributed by atoms with van der Waals surface area (Å²) in [4.78, 5) is 18.5. The second-order valence-corrected chi connectivity index (χ2v) is 8.98. The Bertz CT molecular complexity index is 1190. The van der Waals surface area contributed by atoms with Gasteiger partial charge >= 0.3 is 0 Å². The van der Waals surface area contributed by atoms with Crippen molar-refractivity contribution in [1.29, 1.82) is 0 Å². The first kappa shape index (κ1) is 20.4. The van der Waals surface area contributed by atoms with E-state index in [9.17, 15) is 13.6 Å². The van der Waals surface area contributed by atoms with Crippen molar-refractivity contribution >= 4 is 56.4 Å². The van der Waals surface area contributed by atoms with Crippen LogP contribution in [0.5, 0.6) is 0 Å². The number of carbonyl (C=O) groups is 1. The number of amides is 1. The van der Waals surface area contributed by atoms with E-state index in [2.05, 4.69) is 10.3 Å². The minimum atomic E-state index is -2.36. The van der Waals surface area contributed by atoms with Crippen LogP contribution < -0.4 is 9.62 Å². The Morgan fingerprint density at radius 2 is 1.83 bits per heavy atom. The molecule has 2 heterocycles. The largest absolute Gasteiger partial charge is 0.298 e. The van der Waals surface area contributed by atoms with Crippen LogP contribution >= 0.6 is 22.7 Å². The van der Waals surface area contributed by atoms with E-state index in [-0.39, 0.29) is 5.56 Å². The number of carbonyl (C=O) groups excluding carboxylic acids is 1. The van der Waals surface area contributed by atoms with Gasteiger partial charge in [0.2, 0.25) is 0 Å². The Morgan fingerprint density at radius 1 is 1.07 bits per heavy atom. The molecular weight excluding hydrogens is 438 g/mol. The minimum absolute atomic E-state index is 0.272. The molecule has 1 atom stereocenters. The summed E-state index contributed by atoms with van der Waals surface area (Å²) in [5, 5.41) is 7.12. The van der Waals surface area contributed by atoms with E-state index in [0.717, 1.165) is 16.1 Å². The van der Waals surface area contributed by atoms with Crippen molar-refractivity contribution in [3.05, 3.63) is 82.6 Å². The molecule has 9 heteroatoms. The van der Waals surface area contributed by atoms with Crippen molar-refractivity contribution in [2.24, 2.45) is 0 Å². The summed E-state index contributed by atoms with van der Waals surface area (Å²) in [6.45, 7) is 1.93. The van der Waals surface area contributed by atoms with Crippen molar-refractivity contribution in [2.45, 2.75) is 6.92 Å². The molecule has 1 amide bonds. The Balaban J connectivity index is 1.64. The van der Waals surface area contributed by atoms with Gasteiger partial charge in [-0.05, 0) is 42.6 Å². The number of para-hydroxylation sites is 1. The minimum Gasteiger partial charge on any atom is -0.298 e. The molecule has 2 N–H and O–H groups in total. The van der Waals surface area contributed by atoms with Gasteiger partial charge in [0.05, 0.1) is 27.5 Å². The van der Waals surface area contributed by atoms with E-state index in [4.69, 9.17) is 0 Å². The topological polar surface area (TPSA) is 82.5 Å².